The highest BCUT2D eigenvalue weighted by Gasteiger charge is 2.23. The third-order valence-corrected chi connectivity index (χ3v) is 4.19. The highest BCUT2D eigenvalue weighted by molar-refractivity contribution is 5.77. The van der Waals surface area contributed by atoms with Gasteiger partial charge in [0.1, 0.15) is 5.75 Å². The fourth-order valence-corrected chi connectivity index (χ4v) is 2.86. The Morgan fingerprint density at radius 3 is 2.81 bits per heavy atom. The molecule has 1 aromatic heterocycles. The predicted molar refractivity (Wildman–Crippen MR) is 94.3 cm³/mol. The van der Waals surface area contributed by atoms with Gasteiger partial charge in [0, 0.05) is 19.3 Å². The van der Waals surface area contributed by atoms with E-state index < -0.39 is 6.61 Å². The monoisotopic (exact) mass is 377 g/mol. The normalized spacial score (nSPS) is 17.7. The van der Waals surface area contributed by atoms with Crippen molar-refractivity contribution in [2.45, 2.75) is 19.3 Å². The van der Waals surface area contributed by atoms with E-state index in [0.29, 0.717) is 26.2 Å². The van der Waals surface area contributed by atoms with Crippen LogP contribution in [-0.4, -0.2) is 48.6 Å². The van der Waals surface area contributed by atoms with E-state index in [9.17, 15) is 13.6 Å². The number of nitrogens with one attached hydrogen (secondary N) is 1. The third kappa shape index (κ3) is 5.97. The van der Waals surface area contributed by atoms with Gasteiger partial charge in [0.25, 0.3) is 0 Å². The van der Waals surface area contributed by atoms with Gasteiger partial charge in [-0.1, -0.05) is 18.2 Å². The van der Waals surface area contributed by atoms with E-state index in [4.69, 9.17) is 4.74 Å². The van der Waals surface area contributed by atoms with Crippen molar-refractivity contribution in [2.24, 2.45) is 0 Å². The molecule has 1 unspecified atom stereocenters. The van der Waals surface area contributed by atoms with Crippen molar-refractivity contribution in [3.63, 3.8) is 0 Å². The molecule has 0 saturated carbocycles. The first-order valence-corrected chi connectivity index (χ1v) is 8.65. The number of rotatable bonds is 7. The van der Waals surface area contributed by atoms with Crippen molar-refractivity contribution in [1.29, 1.82) is 0 Å². The van der Waals surface area contributed by atoms with E-state index in [1.807, 2.05) is 23.1 Å². The average molecular weight is 377 g/mol. The molecule has 8 heteroatoms. The van der Waals surface area contributed by atoms with Crippen molar-refractivity contribution in [2.75, 3.05) is 26.2 Å². The molecule has 144 valence electrons. The van der Waals surface area contributed by atoms with Crippen LogP contribution in [0.1, 0.15) is 17.4 Å². The van der Waals surface area contributed by atoms with Crippen LogP contribution < -0.4 is 10.1 Å². The van der Waals surface area contributed by atoms with E-state index in [0.717, 1.165) is 11.3 Å². The second kappa shape index (κ2) is 9.38. The molecule has 1 aliphatic rings. The molecule has 0 bridgehead atoms. The van der Waals surface area contributed by atoms with Gasteiger partial charge >= 0.3 is 6.61 Å². The fraction of sp³-hybridized carbons (Fsp3) is 0.368. The molecule has 1 fully saturated rings. The molecule has 1 aromatic carbocycles. The Balaban J connectivity index is 1.49. The molecule has 1 amide bonds. The minimum Gasteiger partial charge on any atom is -0.435 e. The lowest BCUT2D eigenvalue weighted by atomic mass is 10.1. The van der Waals surface area contributed by atoms with Gasteiger partial charge in [-0.2, -0.15) is 8.78 Å². The van der Waals surface area contributed by atoms with Crippen LogP contribution in [0.25, 0.3) is 0 Å². The number of morpholine rings is 1. The van der Waals surface area contributed by atoms with Gasteiger partial charge in [-0.15, -0.1) is 0 Å². The Morgan fingerprint density at radius 2 is 2.11 bits per heavy atom. The maximum Gasteiger partial charge on any atom is 0.387 e. The van der Waals surface area contributed by atoms with Crippen LogP contribution in [-0.2, 0) is 16.1 Å². The largest absolute Gasteiger partial charge is 0.435 e. The molecule has 6 nitrogen and oxygen atoms in total. The summed E-state index contributed by atoms with van der Waals surface area (Å²) in [4.78, 5) is 18.3. The summed E-state index contributed by atoms with van der Waals surface area (Å²) in [7, 11) is 0. The third-order valence-electron chi connectivity index (χ3n) is 4.19. The van der Waals surface area contributed by atoms with Gasteiger partial charge < -0.3 is 14.8 Å². The molecule has 27 heavy (non-hydrogen) atoms. The maximum absolute atomic E-state index is 12.2. The highest BCUT2D eigenvalue weighted by Crippen LogP contribution is 2.24. The Morgan fingerprint density at radius 1 is 1.30 bits per heavy atom. The van der Waals surface area contributed by atoms with E-state index in [1.165, 1.54) is 12.1 Å². The first kappa shape index (κ1) is 19.2. The van der Waals surface area contributed by atoms with Crippen LogP contribution in [0.2, 0.25) is 0 Å². The summed E-state index contributed by atoms with van der Waals surface area (Å²) < 4.78 is 34.6. The smallest absolute Gasteiger partial charge is 0.387 e. The van der Waals surface area contributed by atoms with Crippen LogP contribution in [0.15, 0.2) is 48.7 Å². The number of pyridine rings is 1. The number of carbonyl (C=O) groups excluding carboxylic acids is 1. The molecule has 3 rings (SSSR count). The average Bonchev–Trinajstić information content (AvgIpc) is 2.67. The minimum atomic E-state index is -2.85. The molecule has 1 N–H and O–H groups in total. The number of aromatic nitrogens is 1. The zero-order valence-corrected chi connectivity index (χ0v) is 14.7. The number of amides is 1. The van der Waals surface area contributed by atoms with Gasteiger partial charge in [0.2, 0.25) is 5.91 Å². The summed E-state index contributed by atoms with van der Waals surface area (Å²) in [5, 5.41) is 2.86. The summed E-state index contributed by atoms with van der Waals surface area (Å²) in [5.41, 5.74) is 1.66. The zero-order chi connectivity index (χ0) is 19.1. The van der Waals surface area contributed by atoms with Gasteiger partial charge in [-0.25, -0.2) is 0 Å². The molecule has 2 heterocycles. The van der Waals surface area contributed by atoms with E-state index in [-0.39, 0.29) is 24.3 Å². The molecule has 0 spiro atoms. The molecular formula is C19H21F2N3O3. The second-order valence-electron chi connectivity index (χ2n) is 6.14. The van der Waals surface area contributed by atoms with Gasteiger partial charge in [0.15, 0.2) is 0 Å². The molecule has 1 atom stereocenters. The topological polar surface area (TPSA) is 63.7 Å². The van der Waals surface area contributed by atoms with Crippen molar-refractivity contribution in [3.05, 3.63) is 59.9 Å². The number of ether oxygens (including phenoxy) is 2. The SMILES string of the molecule is O=C(CN1CCOC(c2ccc(OC(F)F)cc2)C1)NCc1ccccn1. The standard InChI is InChI=1S/C19H21F2N3O3/c20-19(21)27-16-6-4-14(5-7-16)17-12-24(9-10-26-17)13-18(25)23-11-15-3-1-2-8-22-15/h1-8,17,19H,9-13H2,(H,23,25). The number of nitrogens with zero attached hydrogens (tertiary/aromatic N) is 2. The van der Waals surface area contributed by atoms with Crippen LogP contribution in [0.3, 0.4) is 0 Å². The Hall–Kier alpha value is -2.58. The van der Waals surface area contributed by atoms with Crippen LogP contribution in [0.4, 0.5) is 8.78 Å². The quantitative estimate of drug-likeness (QED) is 0.803. The summed E-state index contributed by atoms with van der Waals surface area (Å²) in [6.07, 6.45) is 1.47. The number of hydrogen-bond donors (Lipinski definition) is 1. The predicted octanol–water partition coefficient (Wildman–Crippen LogP) is 2.37. The zero-order valence-electron chi connectivity index (χ0n) is 14.7. The first-order valence-electron chi connectivity index (χ1n) is 8.65. The molecular weight excluding hydrogens is 356 g/mol. The van der Waals surface area contributed by atoms with E-state index in [2.05, 4.69) is 15.0 Å². The summed E-state index contributed by atoms with van der Waals surface area (Å²) >= 11 is 0. The van der Waals surface area contributed by atoms with Crippen LogP contribution >= 0.6 is 0 Å². The van der Waals surface area contributed by atoms with Crippen LogP contribution in [0, 0.1) is 0 Å². The van der Waals surface area contributed by atoms with E-state index >= 15 is 0 Å². The van der Waals surface area contributed by atoms with Gasteiger partial charge in [-0.05, 0) is 29.8 Å². The molecule has 0 radical (unpaired) electrons. The lowest BCUT2D eigenvalue weighted by molar-refractivity contribution is -0.124. The number of alkyl halides is 2. The number of halogens is 2. The van der Waals surface area contributed by atoms with Crippen molar-refractivity contribution in [1.82, 2.24) is 15.2 Å². The number of hydrogen-bond acceptors (Lipinski definition) is 5. The summed E-state index contributed by atoms with van der Waals surface area (Å²) in [5.74, 6) is 0.0253. The summed E-state index contributed by atoms with van der Waals surface area (Å²) in [6, 6.07) is 11.9. The maximum atomic E-state index is 12.2. The fourth-order valence-electron chi connectivity index (χ4n) is 2.86. The number of benzene rings is 1. The summed E-state index contributed by atoms with van der Waals surface area (Å²) in [6.45, 7) is -0.500. The Kier molecular flexibility index (Phi) is 6.67. The Labute approximate surface area is 156 Å². The van der Waals surface area contributed by atoms with Crippen molar-refractivity contribution in [3.8, 4) is 5.75 Å². The Bertz CT molecular complexity index is 729. The highest BCUT2D eigenvalue weighted by atomic mass is 19.3. The molecule has 2 aromatic rings. The lowest BCUT2D eigenvalue weighted by Gasteiger charge is -2.32. The molecule has 1 saturated heterocycles. The minimum absolute atomic E-state index is 0.0815. The first-order chi connectivity index (χ1) is 13.1. The second-order valence-corrected chi connectivity index (χ2v) is 6.14. The van der Waals surface area contributed by atoms with Crippen LogP contribution in [0.5, 0.6) is 5.75 Å². The van der Waals surface area contributed by atoms with Crippen molar-refractivity contribution < 1.29 is 23.0 Å². The van der Waals surface area contributed by atoms with Gasteiger partial charge in [-0.3, -0.25) is 14.7 Å². The molecule has 1 aliphatic heterocycles. The molecule has 0 aliphatic carbocycles. The number of carbonyl (C=O) groups is 1. The van der Waals surface area contributed by atoms with Crippen molar-refractivity contribution >= 4 is 5.91 Å². The van der Waals surface area contributed by atoms with E-state index in [1.54, 1.807) is 18.3 Å². The van der Waals surface area contributed by atoms with Gasteiger partial charge in [0.05, 0.1) is 31.5 Å². The lowest BCUT2D eigenvalue weighted by Crippen LogP contribution is -2.44.